The van der Waals surface area contributed by atoms with Crippen LogP contribution in [-0.2, 0) is 7.05 Å². The van der Waals surface area contributed by atoms with Crippen LogP contribution in [0.15, 0.2) is 6.07 Å². The van der Waals surface area contributed by atoms with Crippen LogP contribution in [0, 0.1) is 5.92 Å². The lowest BCUT2D eigenvalue weighted by Gasteiger charge is -2.44. The quantitative estimate of drug-likeness (QED) is 0.898. The summed E-state index contributed by atoms with van der Waals surface area (Å²) in [7, 11) is 1.87. The van der Waals surface area contributed by atoms with E-state index in [9.17, 15) is 4.79 Å². The van der Waals surface area contributed by atoms with Gasteiger partial charge in [0.2, 0.25) is 0 Å². The Labute approximate surface area is 119 Å². The van der Waals surface area contributed by atoms with Crippen LogP contribution in [-0.4, -0.2) is 46.3 Å². The maximum absolute atomic E-state index is 12.5. The second-order valence-corrected chi connectivity index (χ2v) is 6.57. The molecule has 20 heavy (non-hydrogen) atoms. The number of carbonyl (C=O) groups is 1. The molecule has 1 aromatic rings. The van der Waals surface area contributed by atoms with Crippen molar-refractivity contribution < 1.29 is 4.79 Å². The van der Waals surface area contributed by atoms with Crippen molar-refractivity contribution in [2.75, 3.05) is 19.6 Å². The highest BCUT2D eigenvalue weighted by Gasteiger charge is 2.35. The molecule has 0 radical (unpaired) electrons. The number of rotatable bonds is 3. The third-order valence-corrected chi connectivity index (χ3v) is 5.10. The van der Waals surface area contributed by atoms with Gasteiger partial charge in [-0.15, -0.1) is 0 Å². The van der Waals surface area contributed by atoms with E-state index in [-0.39, 0.29) is 5.91 Å². The zero-order valence-corrected chi connectivity index (χ0v) is 12.0. The first-order valence-corrected chi connectivity index (χ1v) is 7.78. The number of aromatic nitrogens is 2. The Morgan fingerprint density at radius 3 is 2.65 bits per heavy atom. The Morgan fingerprint density at radius 1 is 1.30 bits per heavy atom. The topological polar surface area (TPSA) is 50.2 Å². The van der Waals surface area contributed by atoms with E-state index in [1.807, 2.05) is 13.1 Å². The molecule has 4 heterocycles. The molecule has 1 aliphatic carbocycles. The summed E-state index contributed by atoms with van der Waals surface area (Å²) >= 11 is 0. The fourth-order valence-corrected chi connectivity index (χ4v) is 3.65. The minimum Gasteiger partial charge on any atom is -0.346 e. The fraction of sp³-hybridized carbons (Fsp3) is 0.733. The van der Waals surface area contributed by atoms with Gasteiger partial charge >= 0.3 is 0 Å². The molecular weight excluding hydrogens is 252 g/mol. The van der Waals surface area contributed by atoms with Crippen molar-refractivity contribution in [3.8, 4) is 0 Å². The number of hydrogen-bond donors (Lipinski definition) is 1. The predicted molar refractivity (Wildman–Crippen MR) is 75.6 cm³/mol. The van der Waals surface area contributed by atoms with Crippen molar-refractivity contribution in [1.29, 1.82) is 0 Å². The number of nitrogens with zero attached hydrogens (tertiary/aromatic N) is 3. The highest BCUT2D eigenvalue weighted by atomic mass is 16.2. The van der Waals surface area contributed by atoms with Gasteiger partial charge in [-0.1, -0.05) is 0 Å². The van der Waals surface area contributed by atoms with Gasteiger partial charge in [-0.3, -0.25) is 9.48 Å². The smallest absolute Gasteiger partial charge is 0.269 e. The Bertz CT molecular complexity index is 526. The van der Waals surface area contributed by atoms with Gasteiger partial charge in [0.05, 0.1) is 5.69 Å². The number of hydrogen-bond acceptors (Lipinski definition) is 3. The number of carbonyl (C=O) groups excluding carboxylic acids is 1. The van der Waals surface area contributed by atoms with E-state index in [4.69, 9.17) is 0 Å². The maximum Gasteiger partial charge on any atom is 0.269 e. The molecule has 4 fully saturated rings. The van der Waals surface area contributed by atoms with Gasteiger partial charge in [-0.2, -0.15) is 5.10 Å². The molecule has 3 saturated heterocycles. The van der Waals surface area contributed by atoms with Crippen LogP contribution in [0.25, 0.3) is 0 Å². The zero-order chi connectivity index (χ0) is 13.7. The van der Waals surface area contributed by atoms with Crippen LogP contribution in [0.2, 0.25) is 0 Å². The predicted octanol–water partition coefficient (Wildman–Crippen LogP) is 1.12. The Kier molecular flexibility index (Phi) is 2.84. The van der Waals surface area contributed by atoms with E-state index >= 15 is 0 Å². The summed E-state index contributed by atoms with van der Waals surface area (Å²) in [6.45, 7) is 3.42. The molecule has 0 aromatic carbocycles. The third-order valence-electron chi connectivity index (χ3n) is 5.10. The van der Waals surface area contributed by atoms with Crippen molar-refractivity contribution in [2.24, 2.45) is 13.0 Å². The van der Waals surface area contributed by atoms with Crippen molar-refractivity contribution in [1.82, 2.24) is 20.0 Å². The van der Waals surface area contributed by atoms with Gasteiger partial charge in [0.25, 0.3) is 5.91 Å². The summed E-state index contributed by atoms with van der Waals surface area (Å²) in [5.74, 6) is 1.31. The first-order chi connectivity index (χ1) is 9.70. The Balaban J connectivity index is 1.47. The maximum atomic E-state index is 12.5. The van der Waals surface area contributed by atoms with Gasteiger partial charge in [-0.25, -0.2) is 0 Å². The van der Waals surface area contributed by atoms with Crippen molar-refractivity contribution in [2.45, 2.75) is 37.6 Å². The van der Waals surface area contributed by atoms with Crippen LogP contribution in [0.3, 0.4) is 0 Å². The Hall–Kier alpha value is -1.36. The van der Waals surface area contributed by atoms with E-state index < -0.39 is 0 Å². The molecule has 1 N–H and O–H groups in total. The number of aryl methyl sites for hydroxylation is 1. The molecule has 3 aliphatic heterocycles. The van der Waals surface area contributed by atoms with Crippen molar-refractivity contribution in [3.05, 3.63) is 17.5 Å². The molecule has 1 amide bonds. The molecule has 0 spiro atoms. The average molecular weight is 274 g/mol. The van der Waals surface area contributed by atoms with E-state index in [1.165, 1.54) is 38.8 Å². The van der Waals surface area contributed by atoms with Crippen LogP contribution in [0.1, 0.15) is 47.8 Å². The van der Waals surface area contributed by atoms with Crippen molar-refractivity contribution in [3.63, 3.8) is 0 Å². The molecular formula is C15H22N4O. The molecule has 1 unspecified atom stereocenters. The standard InChI is InChI=1S/C15H22N4O/c1-18-14(8-12(17-18)10-2-3-10)15(20)16-13-9-19-6-4-11(13)5-7-19/h8,10-11,13H,2-7,9H2,1H3,(H,16,20). The summed E-state index contributed by atoms with van der Waals surface area (Å²) in [6.07, 6.45) is 4.89. The molecule has 5 heteroatoms. The van der Waals surface area contributed by atoms with Crippen LogP contribution in [0.4, 0.5) is 0 Å². The zero-order valence-electron chi connectivity index (χ0n) is 12.0. The number of piperidine rings is 3. The van der Waals surface area contributed by atoms with Crippen LogP contribution >= 0.6 is 0 Å². The Morgan fingerprint density at radius 2 is 2.05 bits per heavy atom. The van der Waals surface area contributed by atoms with E-state index in [0.717, 1.165) is 12.2 Å². The lowest BCUT2D eigenvalue weighted by Crippen LogP contribution is -2.57. The minimum absolute atomic E-state index is 0.0469. The molecule has 4 aliphatic rings. The number of fused-ring (bicyclic) bond motifs is 3. The largest absolute Gasteiger partial charge is 0.346 e. The van der Waals surface area contributed by atoms with E-state index in [2.05, 4.69) is 15.3 Å². The van der Waals surface area contributed by atoms with Crippen molar-refractivity contribution >= 4 is 5.91 Å². The average Bonchev–Trinajstić information content (AvgIpc) is 3.23. The number of nitrogens with one attached hydrogen (secondary N) is 1. The third kappa shape index (κ3) is 2.14. The molecule has 5 rings (SSSR count). The van der Waals surface area contributed by atoms with Crippen LogP contribution < -0.4 is 5.32 Å². The summed E-state index contributed by atoms with van der Waals surface area (Å²) in [4.78, 5) is 14.9. The normalized spacial score (nSPS) is 32.4. The van der Waals surface area contributed by atoms with E-state index in [1.54, 1.807) is 4.68 Å². The van der Waals surface area contributed by atoms with Gasteiger partial charge in [0.1, 0.15) is 5.69 Å². The molecule has 2 bridgehead atoms. The first-order valence-electron chi connectivity index (χ1n) is 7.78. The molecule has 1 saturated carbocycles. The second-order valence-electron chi connectivity index (χ2n) is 6.57. The molecule has 5 nitrogen and oxygen atoms in total. The lowest BCUT2D eigenvalue weighted by molar-refractivity contribution is 0.0615. The fourth-order valence-electron chi connectivity index (χ4n) is 3.65. The van der Waals surface area contributed by atoms with Gasteiger partial charge < -0.3 is 10.2 Å². The SMILES string of the molecule is Cn1nc(C2CC2)cc1C(=O)NC1CN2CCC1CC2. The summed E-state index contributed by atoms with van der Waals surface area (Å²) in [5, 5.41) is 7.72. The lowest BCUT2D eigenvalue weighted by atomic mass is 9.84. The summed E-state index contributed by atoms with van der Waals surface area (Å²) in [5.41, 5.74) is 1.80. The highest BCUT2D eigenvalue weighted by molar-refractivity contribution is 5.93. The van der Waals surface area contributed by atoms with Gasteiger partial charge in [0, 0.05) is 25.6 Å². The second kappa shape index (κ2) is 4.58. The molecule has 1 aromatic heterocycles. The molecule has 1 atom stereocenters. The van der Waals surface area contributed by atoms with Gasteiger partial charge in [-0.05, 0) is 50.8 Å². The monoisotopic (exact) mass is 274 g/mol. The minimum atomic E-state index is 0.0469. The summed E-state index contributed by atoms with van der Waals surface area (Å²) < 4.78 is 1.74. The summed E-state index contributed by atoms with van der Waals surface area (Å²) in [6, 6.07) is 2.30. The van der Waals surface area contributed by atoms with Crippen LogP contribution in [0.5, 0.6) is 0 Å². The first kappa shape index (κ1) is 12.4. The number of amides is 1. The highest BCUT2D eigenvalue weighted by Crippen LogP contribution is 2.39. The van der Waals surface area contributed by atoms with Gasteiger partial charge in [0.15, 0.2) is 0 Å². The van der Waals surface area contributed by atoms with E-state index in [0.29, 0.717) is 23.6 Å². The molecule has 108 valence electrons.